The fourth-order valence-electron chi connectivity index (χ4n) is 3.44. The van der Waals surface area contributed by atoms with Crippen molar-refractivity contribution in [1.82, 2.24) is 9.80 Å². The molecule has 0 unspecified atom stereocenters. The predicted molar refractivity (Wildman–Crippen MR) is 104 cm³/mol. The van der Waals surface area contributed by atoms with E-state index < -0.39 is 35.0 Å². The molecule has 2 aromatic rings. The molecule has 0 atom stereocenters. The molecule has 1 fully saturated rings. The molecule has 2 aromatic carbocycles. The quantitative estimate of drug-likeness (QED) is 0.615. The van der Waals surface area contributed by atoms with Crippen LogP contribution in [-0.2, 0) is 18.8 Å². The highest BCUT2D eigenvalue weighted by molar-refractivity contribution is 5.96. The van der Waals surface area contributed by atoms with Gasteiger partial charge in [-0.2, -0.15) is 26.3 Å². The summed E-state index contributed by atoms with van der Waals surface area (Å²) in [7, 11) is 0. The second-order valence-electron chi connectivity index (χ2n) is 7.43. The van der Waals surface area contributed by atoms with Gasteiger partial charge in [-0.25, -0.2) is 0 Å². The van der Waals surface area contributed by atoms with Crippen LogP contribution in [0.3, 0.4) is 0 Å². The van der Waals surface area contributed by atoms with E-state index in [1.54, 1.807) is 12.1 Å². The molecule has 1 aliphatic rings. The van der Waals surface area contributed by atoms with Crippen molar-refractivity contribution in [2.24, 2.45) is 0 Å². The van der Waals surface area contributed by atoms with E-state index in [1.165, 1.54) is 4.90 Å². The Morgan fingerprint density at radius 3 is 1.50 bits per heavy atom. The van der Waals surface area contributed by atoms with E-state index in [0.717, 1.165) is 16.9 Å². The summed E-state index contributed by atoms with van der Waals surface area (Å²) in [6.07, 6.45) is -9.25. The van der Waals surface area contributed by atoms with Crippen LogP contribution in [0.2, 0.25) is 0 Å². The zero-order valence-corrected chi connectivity index (χ0v) is 17.1. The minimum atomic E-state index is -5.03. The SMILES string of the molecule is CCc1ccc(C(=O)N2CCN(C(=O)c3cc(C(F)(F)F)cc(C(F)(F)F)c3)CC2)cc1. The first-order chi connectivity index (χ1) is 14.9. The lowest BCUT2D eigenvalue weighted by atomic mass is 10.0. The van der Waals surface area contributed by atoms with Gasteiger partial charge in [-0.3, -0.25) is 9.59 Å². The first kappa shape index (κ1) is 23.6. The van der Waals surface area contributed by atoms with E-state index in [2.05, 4.69) is 0 Å². The molecule has 1 heterocycles. The van der Waals surface area contributed by atoms with Gasteiger partial charge in [-0.05, 0) is 42.3 Å². The van der Waals surface area contributed by atoms with Gasteiger partial charge in [-0.15, -0.1) is 0 Å². The summed E-state index contributed by atoms with van der Waals surface area (Å²) in [6.45, 7) is 2.20. The van der Waals surface area contributed by atoms with Crippen molar-refractivity contribution in [3.8, 4) is 0 Å². The van der Waals surface area contributed by atoms with Crippen LogP contribution in [0.5, 0.6) is 0 Å². The third-order valence-electron chi connectivity index (χ3n) is 5.30. The fourth-order valence-corrected chi connectivity index (χ4v) is 3.44. The van der Waals surface area contributed by atoms with Crippen molar-refractivity contribution in [3.63, 3.8) is 0 Å². The van der Waals surface area contributed by atoms with Gasteiger partial charge in [0.05, 0.1) is 11.1 Å². The van der Waals surface area contributed by atoms with Gasteiger partial charge < -0.3 is 9.80 Å². The van der Waals surface area contributed by atoms with Crippen LogP contribution in [0.25, 0.3) is 0 Å². The highest BCUT2D eigenvalue weighted by Gasteiger charge is 2.38. The Morgan fingerprint density at radius 1 is 0.719 bits per heavy atom. The fraction of sp³-hybridized carbons (Fsp3) is 0.364. The van der Waals surface area contributed by atoms with Crippen LogP contribution in [0.1, 0.15) is 44.3 Å². The molecule has 1 saturated heterocycles. The van der Waals surface area contributed by atoms with Gasteiger partial charge in [0, 0.05) is 37.3 Å². The number of nitrogens with zero attached hydrogens (tertiary/aromatic N) is 2. The van der Waals surface area contributed by atoms with E-state index in [1.807, 2.05) is 19.1 Å². The summed E-state index contributed by atoms with van der Waals surface area (Å²) in [5, 5.41) is 0. The zero-order chi connectivity index (χ0) is 23.7. The molecular formula is C22H20F6N2O2. The van der Waals surface area contributed by atoms with Crippen molar-refractivity contribution in [1.29, 1.82) is 0 Å². The maximum absolute atomic E-state index is 13.1. The summed E-state index contributed by atoms with van der Waals surface area (Å²) in [4.78, 5) is 27.9. The summed E-state index contributed by atoms with van der Waals surface area (Å²) in [5.41, 5.74) is -2.24. The van der Waals surface area contributed by atoms with Gasteiger partial charge in [-0.1, -0.05) is 19.1 Å². The van der Waals surface area contributed by atoms with Crippen molar-refractivity contribution in [2.75, 3.05) is 26.2 Å². The molecule has 10 heteroatoms. The van der Waals surface area contributed by atoms with Crippen molar-refractivity contribution < 1.29 is 35.9 Å². The average Bonchev–Trinajstić information content (AvgIpc) is 2.77. The number of carbonyl (C=O) groups excluding carboxylic acids is 2. The number of hydrogen-bond donors (Lipinski definition) is 0. The van der Waals surface area contributed by atoms with Crippen molar-refractivity contribution in [3.05, 3.63) is 70.3 Å². The second kappa shape index (κ2) is 8.84. The summed E-state index contributed by atoms with van der Waals surface area (Å²) in [5.74, 6) is -1.20. The molecule has 1 aliphatic heterocycles. The molecule has 32 heavy (non-hydrogen) atoms. The van der Waals surface area contributed by atoms with Crippen molar-refractivity contribution in [2.45, 2.75) is 25.7 Å². The molecule has 172 valence electrons. The molecule has 0 radical (unpaired) electrons. The largest absolute Gasteiger partial charge is 0.416 e. The van der Waals surface area contributed by atoms with E-state index in [4.69, 9.17) is 0 Å². The van der Waals surface area contributed by atoms with Crippen LogP contribution in [0, 0.1) is 0 Å². The first-order valence-corrected chi connectivity index (χ1v) is 9.87. The van der Waals surface area contributed by atoms with Gasteiger partial charge in [0.15, 0.2) is 0 Å². The Balaban J connectivity index is 1.74. The minimum Gasteiger partial charge on any atom is -0.335 e. The highest BCUT2D eigenvalue weighted by Crippen LogP contribution is 2.36. The standard InChI is InChI=1S/C22H20F6N2O2/c1-2-14-3-5-15(6-4-14)19(31)29-7-9-30(10-8-29)20(32)16-11-17(21(23,24)25)13-18(12-16)22(26,27)28/h3-6,11-13H,2,7-10H2,1H3. The van der Waals surface area contributed by atoms with Crippen LogP contribution in [0.15, 0.2) is 42.5 Å². The lowest BCUT2D eigenvalue weighted by Crippen LogP contribution is -2.50. The Labute approximate surface area is 180 Å². The average molecular weight is 458 g/mol. The Bertz CT molecular complexity index is 959. The number of aryl methyl sites for hydroxylation is 1. The third kappa shape index (κ3) is 5.23. The monoisotopic (exact) mass is 458 g/mol. The number of alkyl halides is 6. The van der Waals surface area contributed by atoms with Crippen LogP contribution in [0.4, 0.5) is 26.3 Å². The Kier molecular flexibility index (Phi) is 6.52. The van der Waals surface area contributed by atoms with Gasteiger partial charge >= 0.3 is 12.4 Å². The molecule has 0 bridgehead atoms. The first-order valence-electron chi connectivity index (χ1n) is 9.87. The van der Waals surface area contributed by atoms with E-state index in [-0.39, 0.29) is 38.2 Å². The summed E-state index contributed by atoms with van der Waals surface area (Å²) in [6, 6.07) is 7.88. The number of hydrogen-bond acceptors (Lipinski definition) is 2. The predicted octanol–water partition coefficient (Wildman–Crippen LogP) is 4.88. The lowest BCUT2D eigenvalue weighted by molar-refractivity contribution is -0.143. The van der Waals surface area contributed by atoms with Gasteiger partial charge in [0.1, 0.15) is 0 Å². The third-order valence-corrected chi connectivity index (χ3v) is 5.30. The molecular weight excluding hydrogens is 438 g/mol. The number of piperazine rings is 1. The van der Waals surface area contributed by atoms with E-state index in [0.29, 0.717) is 17.7 Å². The minimum absolute atomic E-state index is 0.00475. The lowest BCUT2D eigenvalue weighted by Gasteiger charge is -2.35. The van der Waals surface area contributed by atoms with Gasteiger partial charge in [0.25, 0.3) is 11.8 Å². The highest BCUT2D eigenvalue weighted by atomic mass is 19.4. The van der Waals surface area contributed by atoms with Crippen LogP contribution in [-0.4, -0.2) is 47.8 Å². The van der Waals surface area contributed by atoms with E-state index in [9.17, 15) is 35.9 Å². The van der Waals surface area contributed by atoms with Gasteiger partial charge in [0.2, 0.25) is 0 Å². The molecule has 0 saturated carbocycles. The summed E-state index contributed by atoms with van der Waals surface area (Å²) >= 11 is 0. The molecule has 0 N–H and O–H groups in total. The number of benzene rings is 2. The van der Waals surface area contributed by atoms with Crippen LogP contribution < -0.4 is 0 Å². The molecule has 4 nitrogen and oxygen atoms in total. The molecule has 2 amide bonds. The number of halogens is 6. The molecule has 3 rings (SSSR count). The number of amides is 2. The van der Waals surface area contributed by atoms with Crippen LogP contribution >= 0.6 is 0 Å². The normalized spacial score (nSPS) is 15.1. The summed E-state index contributed by atoms with van der Waals surface area (Å²) < 4.78 is 78.3. The number of carbonyl (C=O) groups is 2. The maximum atomic E-state index is 13.1. The Hall–Kier alpha value is -3.04. The zero-order valence-electron chi connectivity index (χ0n) is 17.1. The Morgan fingerprint density at radius 2 is 1.12 bits per heavy atom. The second-order valence-corrected chi connectivity index (χ2v) is 7.43. The smallest absolute Gasteiger partial charge is 0.335 e. The topological polar surface area (TPSA) is 40.6 Å². The molecule has 0 aliphatic carbocycles. The maximum Gasteiger partial charge on any atom is 0.416 e. The van der Waals surface area contributed by atoms with E-state index >= 15 is 0 Å². The number of rotatable bonds is 3. The van der Waals surface area contributed by atoms with Crippen molar-refractivity contribution >= 4 is 11.8 Å². The molecule has 0 spiro atoms. The molecule has 0 aromatic heterocycles.